The van der Waals surface area contributed by atoms with Gasteiger partial charge < -0.3 is 14.4 Å². The molecule has 208 valence electrons. The topological polar surface area (TPSA) is 76.2 Å². The van der Waals surface area contributed by atoms with E-state index in [0.29, 0.717) is 53.4 Å². The van der Waals surface area contributed by atoms with Crippen LogP contribution in [0.3, 0.4) is 0 Å². The minimum Gasteiger partial charge on any atom is -0.410 e. The van der Waals surface area contributed by atoms with Crippen molar-refractivity contribution in [1.82, 2.24) is 9.80 Å². The van der Waals surface area contributed by atoms with Gasteiger partial charge in [0.2, 0.25) is 0 Å². The normalized spacial score (nSPS) is 34.8. The standard InChI is InChI=1S/C30H42N2O5S/c1-30-10-7-25-24-4-3-23(37-29(34)32-11-8-22(9-12-32)31-13-15-36-16-14-31)18-20(24)17-21(19-38(2)35)28(25)26(30)5-6-27(30)33/h3-4,18,21-22,25-26,28H,5-17,19H2,1-2H3/t21-,25+,26-,28+,30-,38?/m0/s1. The lowest BCUT2D eigenvalue weighted by Gasteiger charge is -2.51. The van der Waals surface area contributed by atoms with E-state index in [-0.39, 0.29) is 11.5 Å². The zero-order chi connectivity index (χ0) is 26.4. The van der Waals surface area contributed by atoms with Gasteiger partial charge in [-0.25, -0.2) is 4.79 Å². The Morgan fingerprint density at radius 3 is 2.63 bits per heavy atom. The van der Waals surface area contributed by atoms with Crippen LogP contribution in [0, 0.1) is 23.2 Å². The molecule has 1 aromatic carbocycles. The van der Waals surface area contributed by atoms with Gasteiger partial charge in [0.15, 0.2) is 0 Å². The van der Waals surface area contributed by atoms with E-state index in [4.69, 9.17) is 9.47 Å². The number of benzene rings is 1. The number of hydrogen-bond donors (Lipinski definition) is 0. The van der Waals surface area contributed by atoms with Crippen molar-refractivity contribution < 1.29 is 23.3 Å². The van der Waals surface area contributed by atoms with Gasteiger partial charge in [-0.2, -0.15) is 0 Å². The Morgan fingerprint density at radius 2 is 1.89 bits per heavy atom. The summed E-state index contributed by atoms with van der Waals surface area (Å²) in [6, 6.07) is 6.70. The van der Waals surface area contributed by atoms with E-state index in [0.717, 1.165) is 77.9 Å². The van der Waals surface area contributed by atoms with Crippen molar-refractivity contribution in [1.29, 1.82) is 0 Å². The minimum absolute atomic E-state index is 0.211. The number of morpholine rings is 1. The molecule has 0 bridgehead atoms. The predicted molar refractivity (Wildman–Crippen MR) is 147 cm³/mol. The summed E-state index contributed by atoms with van der Waals surface area (Å²) in [6.45, 7) is 7.19. The summed E-state index contributed by atoms with van der Waals surface area (Å²) in [6.07, 6.45) is 7.93. The van der Waals surface area contributed by atoms with Gasteiger partial charge in [0.1, 0.15) is 11.5 Å². The van der Waals surface area contributed by atoms with E-state index < -0.39 is 10.8 Å². The number of fused-ring (bicyclic) bond motifs is 5. The van der Waals surface area contributed by atoms with Crippen LogP contribution in [0.2, 0.25) is 0 Å². The van der Waals surface area contributed by atoms with Crippen LogP contribution in [0.1, 0.15) is 62.5 Å². The zero-order valence-electron chi connectivity index (χ0n) is 22.9. The molecule has 2 saturated carbocycles. The highest BCUT2D eigenvalue weighted by Crippen LogP contribution is 2.61. The summed E-state index contributed by atoms with van der Waals surface area (Å²) in [7, 11) is -0.895. The molecule has 0 radical (unpaired) electrons. The van der Waals surface area contributed by atoms with E-state index in [2.05, 4.69) is 24.0 Å². The molecule has 0 spiro atoms. The lowest BCUT2D eigenvalue weighted by Crippen LogP contribution is -2.50. The second-order valence-corrected chi connectivity index (χ2v) is 14.0. The third-order valence-electron chi connectivity index (χ3n) is 10.5. The summed E-state index contributed by atoms with van der Waals surface area (Å²) in [5.41, 5.74) is 2.36. The average Bonchev–Trinajstić information content (AvgIpc) is 3.22. The molecule has 2 heterocycles. The molecule has 1 amide bonds. The van der Waals surface area contributed by atoms with E-state index in [1.165, 1.54) is 11.1 Å². The van der Waals surface area contributed by atoms with Gasteiger partial charge in [-0.3, -0.25) is 13.9 Å². The van der Waals surface area contributed by atoms with E-state index in [1.54, 1.807) is 6.26 Å². The maximum absolute atomic E-state index is 13.0. The van der Waals surface area contributed by atoms with Crippen LogP contribution in [0.15, 0.2) is 18.2 Å². The number of ketones is 1. The van der Waals surface area contributed by atoms with Crippen LogP contribution in [0.5, 0.6) is 5.75 Å². The van der Waals surface area contributed by atoms with Crippen LogP contribution in [-0.4, -0.2) is 83.3 Å². The highest BCUT2D eigenvalue weighted by molar-refractivity contribution is 7.84. The Bertz CT molecular complexity index is 1100. The first kappa shape index (κ1) is 26.5. The number of rotatable bonds is 4. The number of hydrogen-bond acceptors (Lipinski definition) is 6. The largest absolute Gasteiger partial charge is 0.415 e. The van der Waals surface area contributed by atoms with Crippen LogP contribution in [0.25, 0.3) is 0 Å². The van der Waals surface area contributed by atoms with Gasteiger partial charge in [0, 0.05) is 66.9 Å². The Kier molecular flexibility index (Phi) is 7.42. The van der Waals surface area contributed by atoms with Gasteiger partial charge >= 0.3 is 6.09 Å². The molecule has 7 nitrogen and oxygen atoms in total. The fourth-order valence-electron chi connectivity index (χ4n) is 8.58. The Morgan fingerprint density at radius 1 is 1.13 bits per heavy atom. The van der Waals surface area contributed by atoms with Crippen LogP contribution >= 0.6 is 0 Å². The molecule has 8 heteroatoms. The molecule has 3 aliphatic carbocycles. The lowest BCUT2D eigenvalue weighted by atomic mass is 9.53. The fourth-order valence-corrected chi connectivity index (χ4v) is 9.53. The number of carbonyl (C=O) groups excluding carboxylic acids is 2. The Hall–Kier alpha value is -1.77. The quantitative estimate of drug-likeness (QED) is 0.572. The summed E-state index contributed by atoms with van der Waals surface area (Å²) in [5.74, 6) is 3.17. The molecule has 38 heavy (non-hydrogen) atoms. The van der Waals surface area contributed by atoms with Gasteiger partial charge in [0.05, 0.1) is 13.2 Å². The first-order chi connectivity index (χ1) is 18.3. The number of piperidine rings is 1. The highest BCUT2D eigenvalue weighted by Gasteiger charge is 2.56. The second kappa shape index (κ2) is 10.7. The van der Waals surface area contributed by atoms with Crippen molar-refractivity contribution in [2.24, 2.45) is 23.2 Å². The number of nitrogens with zero attached hydrogens (tertiary/aromatic N) is 2. The van der Waals surface area contributed by atoms with E-state index >= 15 is 0 Å². The maximum atomic E-state index is 13.0. The summed E-state index contributed by atoms with van der Waals surface area (Å²) in [4.78, 5) is 30.2. The summed E-state index contributed by atoms with van der Waals surface area (Å²) in [5, 5.41) is 0. The number of ether oxygens (including phenoxy) is 2. The molecular weight excluding hydrogens is 500 g/mol. The molecule has 1 unspecified atom stereocenters. The number of Topliss-reactive ketones (excluding diaryl/α,β-unsaturated/α-hetero) is 1. The van der Waals surface area contributed by atoms with Crippen LogP contribution in [-0.2, 0) is 26.8 Å². The molecule has 2 aliphatic heterocycles. The Labute approximate surface area is 229 Å². The van der Waals surface area contributed by atoms with E-state index in [1.807, 2.05) is 11.0 Å². The SMILES string of the molecule is CS(=O)C[C@@H]1Cc2cc(OC(=O)N3CCC(N4CCOCC4)CC3)ccc2[C@H]2CC[C@]3(C)C(=O)CC[C@H]3[C@H]12. The second-order valence-electron chi connectivity index (χ2n) is 12.5. The smallest absolute Gasteiger partial charge is 0.410 e. The molecule has 0 aromatic heterocycles. The average molecular weight is 543 g/mol. The molecule has 6 rings (SSSR count). The molecular formula is C30H42N2O5S. The lowest BCUT2D eigenvalue weighted by molar-refractivity contribution is -0.129. The van der Waals surface area contributed by atoms with Crippen molar-refractivity contribution >= 4 is 22.7 Å². The van der Waals surface area contributed by atoms with Crippen molar-refractivity contribution in [3.63, 3.8) is 0 Å². The molecule has 0 N–H and O–H groups in total. The van der Waals surface area contributed by atoms with Crippen molar-refractivity contribution in [2.75, 3.05) is 51.4 Å². The van der Waals surface area contributed by atoms with Crippen LogP contribution in [0.4, 0.5) is 4.79 Å². The summed E-state index contributed by atoms with van der Waals surface area (Å²) < 4.78 is 23.8. The molecule has 5 aliphatic rings. The third kappa shape index (κ3) is 4.86. The Balaban J connectivity index is 1.15. The fraction of sp³-hybridized carbons (Fsp3) is 0.733. The first-order valence-corrected chi connectivity index (χ1v) is 16.3. The van der Waals surface area contributed by atoms with Gasteiger partial charge in [-0.05, 0) is 85.5 Å². The zero-order valence-corrected chi connectivity index (χ0v) is 23.7. The first-order valence-electron chi connectivity index (χ1n) is 14.6. The van der Waals surface area contributed by atoms with Crippen molar-refractivity contribution in [2.45, 2.75) is 63.8 Å². The van der Waals surface area contributed by atoms with Crippen molar-refractivity contribution in [3.8, 4) is 5.75 Å². The molecule has 6 atom stereocenters. The van der Waals surface area contributed by atoms with Crippen molar-refractivity contribution in [3.05, 3.63) is 29.3 Å². The molecule has 4 fully saturated rings. The number of likely N-dealkylation sites (tertiary alicyclic amines) is 1. The monoisotopic (exact) mass is 542 g/mol. The number of carbonyl (C=O) groups is 2. The molecule has 2 saturated heterocycles. The minimum atomic E-state index is -0.895. The van der Waals surface area contributed by atoms with Gasteiger partial charge in [-0.1, -0.05) is 13.0 Å². The maximum Gasteiger partial charge on any atom is 0.415 e. The predicted octanol–water partition coefficient (Wildman–Crippen LogP) is 4.01. The third-order valence-corrected chi connectivity index (χ3v) is 11.4. The van der Waals surface area contributed by atoms with Crippen LogP contribution < -0.4 is 4.74 Å². The highest BCUT2D eigenvalue weighted by atomic mass is 32.2. The van der Waals surface area contributed by atoms with E-state index in [9.17, 15) is 13.8 Å². The summed E-state index contributed by atoms with van der Waals surface area (Å²) >= 11 is 0. The van der Waals surface area contributed by atoms with Gasteiger partial charge in [-0.15, -0.1) is 0 Å². The van der Waals surface area contributed by atoms with Gasteiger partial charge in [0.25, 0.3) is 0 Å². The molecule has 1 aromatic rings. The number of amides is 1.